The number of rotatable bonds is 3. The number of nitrogens with zero attached hydrogens (tertiary/aromatic N) is 1. The molecule has 2 aromatic rings. The largest absolute Gasteiger partial charge is 0.478 e. The number of hydrogen-bond donors (Lipinski definition) is 0. The first-order chi connectivity index (χ1) is 13.3. The Kier molecular flexibility index (Phi) is 4.51. The van der Waals surface area contributed by atoms with Gasteiger partial charge in [-0.15, -0.1) is 0 Å². The number of carbonyl (C=O) groups is 1. The number of sulfone groups is 1. The third kappa shape index (κ3) is 3.20. The first-order valence-electron chi connectivity index (χ1n) is 8.72. The molecule has 1 aromatic heterocycles. The molecule has 2 aliphatic heterocycles. The lowest BCUT2D eigenvalue weighted by Crippen LogP contribution is -2.41. The predicted molar refractivity (Wildman–Crippen MR) is 101 cm³/mol. The monoisotopic (exact) mass is 405 g/mol. The molecule has 0 saturated carbocycles. The van der Waals surface area contributed by atoms with Crippen LogP contribution in [0.1, 0.15) is 16.7 Å². The second kappa shape index (κ2) is 6.75. The molecule has 0 spiro atoms. The van der Waals surface area contributed by atoms with Crippen molar-refractivity contribution in [1.29, 1.82) is 0 Å². The van der Waals surface area contributed by atoms with Crippen molar-refractivity contribution < 1.29 is 27.1 Å². The molecule has 0 fully saturated rings. The predicted octanol–water partition coefficient (Wildman–Crippen LogP) is 1.28. The summed E-state index contributed by atoms with van der Waals surface area (Å²) in [5.41, 5.74) is 1.40. The van der Waals surface area contributed by atoms with Crippen LogP contribution in [0, 0.1) is 6.92 Å². The minimum absolute atomic E-state index is 0.00269. The zero-order chi connectivity index (χ0) is 20.1. The zero-order valence-corrected chi connectivity index (χ0v) is 16.2. The van der Waals surface area contributed by atoms with Gasteiger partial charge in [0.25, 0.3) is 0 Å². The lowest BCUT2D eigenvalue weighted by molar-refractivity contribution is -0.139. The topological polar surface area (TPSA) is 103 Å². The normalized spacial score (nSPS) is 20.7. The van der Waals surface area contributed by atoms with Crippen LogP contribution in [0.2, 0.25) is 0 Å². The summed E-state index contributed by atoms with van der Waals surface area (Å²) >= 11 is 0. The van der Waals surface area contributed by atoms with Crippen molar-refractivity contribution in [2.75, 3.05) is 19.6 Å². The maximum atomic E-state index is 12.5. The smallest absolute Gasteiger partial charge is 0.340 e. The van der Waals surface area contributed by atoms with Gasteiger partial charge in [0.15, 0.2) is 9.84 Å². The molecule has 0 radical (unpaired) electrons. The molecule has 2 aliphatic rings. The van der Waals surface area contributed by atoms with Gasteiger partial charge in [-0.2, -0.15) is 0 Å². The molecule has 8 nitrogen and oxygen atoms in total. The van der Waals surface area contributed by atoms with Gasteiger partial charge in [-0.1, -0.05) is 6.08 Å². The minimum atomic E-state index is -3.19. The van der Waals surface area contributed by atoms with E-state index in [9.17, 15) is 18.0 Å². The van der Waals surface area contributed by atoms with Crippen LogP contribution < -0.4 is 10.4 Å². The van der Waals surface area contributed by atoms with E-state index in [1.807, 2.05) is 4.90 Å². The molecule has 9 heteroatoms. The first-order valence-corrected chi connectivity index (χ1v) is 10.4. The Morgan fingerprint density at radius 1 is 1.36 bits per heavy atom. The number of methoxy groups -OCH3 is 1. The SMILES string of the molecule is COC(=O)Cc1c(C)c2ccc3c(c2oc1=O)CN([C@H]1C=CS(=O)(=O)C1)CO3. The molecule has 28 heavy (non-hydrogen) atoms. The summed E-state index contributed by atoms with van der Waals surface area (Å²) in [6.07, 6.45) is 1.48. The third-order valence-electron chi connectivity index (χ3n) is 5.19. The number of aryl methyl sites for hydroxylation is 1. The third-order valence-corrected chi connectivity index (χ3v) is 6.57. The summed E-state index contributed by atoms with van der Waals surface area (Å²) in [6, 6.07) is 3.30. The average molecular weight is 405 g/mol. The van der Waals surface area contributed by atoms with Gasteiger partial charge in [-0.05, 0) is 24.6 Å². The minimum Gasteiger partial charge on any atom is -0.478 e. The average Bonchev–Trinajstić information content (AvgIpc) is 3.04. The number of hydrogen-bond acceptors (Lipinski definition) is 8. The summed E-state index contributed by atoms with van der Waals surface area (Å²) in [7, 11) is -1.93. The maximum Gasteiger partial charge on any atom is 0.340 e. The van der Waals surface area contributed by atoms with Gasteiger partial charge in [0.05, 0.1) is 30.4 Å². The number of fused-ring (bicyclic) bond motifs is 3. The Labute approximate surface area is 161 Å². The van der Waals surface area contributed by atoms with Gasteiger partial charge in [-0.3, -0.25) is 9.69 Å². The van der Waals surface area contributed by atoms with Crippen LogP contribution in [0.25, 0.3) is 11.0 Å². The molecule has 1 atom stereocenters. The van der Waals surface area contributed by atoms with E-state index in [1.165, 1.54) is 12.5 Å². The van der Waals surface area contributed by atoms with Crippen molar-refractivity contribution in [3.8, 4) is 5.75 Å². The number of benzene rings is 1. The van der Waals surface area contributed by atoms with E-state index in [-0.39, 0.29) is 30.5 Å². The summed E-state index contributed by atoms with van der Waals surface area (Å²) in [5, 5.41) is 1.93. The molecule has 0 N–H and O–H groups in total. The fourth-order valence-electron chi connectivity index (χ4n) is 3.60. The molecular weight excluding hydrogens is 386 g/mol. The number of esters is 1. The fraction of sp³-hybridized carbons (Fsp3) is 0.368. The van der Waals surface area contributed by atoms with E-state index in [0.717, 1.165) is 0 Å². The van der Waals surface area contributed by atoms with Crippen LogP contribution in [0.4, 0.5) is 0 Å². The Bertz CT molecular complexity index is 1160. The maximum absolute atomic E-state index is 12.5. The highest BCUT2D eigenvalue weighted by Crippen LogP contribution is 2.35. The molecule has 0 bridgehead atoms. The van der Waals surface area contributed by atoms with Crippen molar-refractivity contribution in [3.05, 3.63) is 50.7 Å². The molecule has 4 rings (SSSR count). The molecule has 0 aliphatic carbocycles. The second-order valence-corrected chi connectivity index (χ2v) is 8.84. The lowest BCUT2D eigenvalue weighted by atomic mass is 10.00. The van der Waals surface area contributed by atoms with Gasteiger partial charge in [0.1, 0.15) is 18.1 Å². The Balaban J connectivity index is 1.76. The highest BCUT2D eigenvalue weighted by Gasteiger charge is 2.32. The molecule has 0 saturated heterocycles. The summed E-state index contributed by atoms with van der Waals surface area (Å²) in [5.74, 6) is 0.0798. The van der Waals surface area contributed by atoms with Gasteiger partial charge in [-0.25, -0.2) is 13.2 Å². The molecule has 0 unspecified atom stereocenters. The molecular formula is C19H19NO7S. The number of carbonyl (C=O) groups excluding carboxylic acids is 1. The summed E-state index contributed by atoms with van der Waals surface area (Å²) in [6.45, 7) is 2.39. The van der Waals surface area contributed by atoms with Gasteiger partial charge in [0.2, 0.25) is 0 Å². The van der Waals surface area contributed by atoms with Crippen LogP contribution in [0.15, 0.2) is 32.8 Å². The molecule has 0 amide bonds. The highest BCUT2D eigenvalue weighted by atomic mass is 32.2. The van der Waals surface area contributed by atoms with Gasteiger partial charge in [0, 0.05) is 23.4 Å². The van der Waals surface area contributed by atoms with Crippen LogP contribution >= 0.6 is 0 Å². The van der Waals surface area contributed by atoms with E-state index in [0.29, 0.717) is 34.4 Å². The van der Waals surface area contributed by atoms with Crippen molar-refractivity contribution in [2.45, 2.75) is 25.9 Å². The van der Waals surface area contributed by atoms with Crippen LogP contribution in [0.3, 0.4) is 0 Å². The lowest BCUT2D eigenvalue weighted by Gasteiger charge is -2.32. The van der Waals surface area contributed by atoms with Gasteiger partial charge >= 0.3 is 11.6 Å². The van der Waals surface area contributed by atoms with E-state index in [2.05, 4.69) is 4.74 Å². The van der Waals surface area contributed by atoms with Crippen molar-refractivity contribution in [3.63, 3.8) is 0 Å². The molecule has 3 heterocycles. The van der Waals surface area contributed by atoms with E-state index in [1.54, 1.807) is 25.1 Å². The zero-order valence-electron chi connectivity index (χ0n) is 15.4. The van der Waals surface area contributed by atoms with E-state index in [4.69, 9.17) is 9.15 Å². The fourth-order valence-corrected chi connectivity index (χ4v) is 4.93. The van der Waals surface area contributed by atoms with Crippen LogP contribution in [-0.2, 0) is 32.3 Å². The van der Waals surface area contributed by atoms with E-state index < -0.39 is 21.4 Å². The standard InChI is InChI=1S/C19H19NO7S/c1-11-13-3-4-16-15(18(13)27-19(22)14(11)7-17(21)25-2)8-20(10-26-16)12-5-6-28(23,24)9-12/h3-6,12H,7-10H2,1-2H3/t12-/m0/s1. The summed E-state index contributed by atoms with van der Waals surface area (Å²) < 4.78 is 39.5. The van der Waals surface area contributed by atoms with Crippen molar-refractivity contribution in [2.24, 2.45) is 0 Å². The van der Waals surface area contributed by atoms with Crippen molar-refractivity contribution >= 4 is 26.8 Å². The Morgan fingerprint density at radius 2 is 2.14 bits per heavy atom. The quantitative estimate of drug-likeness (QED) is 0.556. The van der Waals surface area contributed by atoms with Crippen LogP contribution in [-0.4, -0.2) is 44.9 Å². The Hall–Kier alpha value is -2.65. The number of ether oxygens (including phenoxy) is 2. The van der Waals surface area contributed by atoms with Crippen LogP contribution in [0.5, 0.6) is 5.75 Å². The molecule has 148 valence electrons. The second-order valence-electron chi connectivity index (χ2n) is 6.91. The Morgan fingerprint density at radius 3 is 2.82 bits per heavy atom. The van der Waals surface area contributed by atoms with Gasteiger partial charge < -0.3 is 13.9 Å². The first kappa shape index (κ1) is 18.7. The van der Waals surface area contributed by atoms with E-state index >= 15 is 0 Å². The van der Waals surface area contributed by atoms with Crippen molar-refractivity contribution in [1.82, 2.24) is 4.90 Å². The highest BCUT2D eigenvalue weighted by molar-refractivity contribution is 7.94. The summed E-state index contributed by atoms with van der Waals surface area (Å²) in [4.78, 5) is 26.0. The molecule has 1 aromatic carbocycles.